The summed E-state index contributed by atoms with van der Waals surface area (Å²) in [5, 5.41) is 10.8. The molecule has 0 atom stereocenters. The molecule has 0 fully saturated rings. The first-order valence-corrected chi connectivity index (χ1v) is 9.97. The van der Waals surface area contributed by atoms with Crippen LogP contribution in [0.15, 0.2) is 59.3 Å². The lowest BCUT2D eigenvalue weighted by molar-refractivity contribution is 0.0994. The maximum atomic E-state index is 13.1. The van der Waals surface area contributed by atoms with E-state index in [0.29, 0.717) is 23.3 Å². The largest absolute Gasteiger partial charge is 0.454 e. The van der Waals surface area contributed by atoms with Gasteiger partial charge in [0.1, 0.15) is 17.1 Å². The Balaban J connectivity index is 1.44. The lowest BCUT2D eigenvalue weighted by Crippen LogP contribution is -2.11. The SMILES string of the molecule is O=C(Nc1cccc(Cn2cc(Cl)cn2)c1)c1ccc(Cn2nc(C(F)F)cc2C(F)F)o1. The average molecular weight is 482 g/mol. The molecule has 7 nitrogen and oxygen atoms in total. The van der Waals surface area contributed by atoms with Crippen LogP contribution in [-0.2, 0) is 13.1 Å². The Morgan fingerprint density at radius 3 is 2.61 bits per heavy atom. The normalized spacial score (nSPS) is 11.5. The van der Waals surface area contributed by atoms with Crippen LogP contribution in [0.5, 0.6) is 0 Å². The number of amides is 1. The van der Waals surface area contributed by atoms with E-state index in [1.54, 1.807) is 29.1 Å². The van der Waals surface area contributed by atoms with Gasteiger partial charge >= 0.3 is 0 Å². The Kier molecular flexibility index (Phi) is 6.50. The minimum atomic E-state index is -2.99. The Hall–Kier alpha value is -3.60. The first-order chi connectivity index (χ1) is 15.8. The Labute approximate surface area is 189 Å². The summed E-state index contributed by atoms with van der Waals surface area (Å²) in [5.74, 6) is -0.535. The van der Waals surface area contributed by atoms with Crippen molar-refractivity contribution in [1.82, 2.24) is 19.6 Å². The van der Waals surface area contributed by atoms with Gasteiger partial charge in [-0.1, -0.05) is 23.7 Å². The molecule has 172 valence electrons. The second-order valence-electron chi connectivity index (χ2n) is 7.03. The molecule has 0 unspecified atom stereocenters. The van der Waals surface area contributed by atoms with Crippen molar-refractivity contribution in [3.63, 3.8) is 0 Å². The van der Waals surface area contributed by atoms with E-state index in [0.717, 1.165) is 10.2 Å². The first kappa shape index (κ1) is 22.6. The van der Waals surface area contributed by atoms with Crippen molar-refractivity contribution in [2.45, 2.75) is 25.9 Å². The number of nitrogens with one attached hydrogen (secondary N) is 1. The van der Waals surface area contributed by atoms with E-state index in [9.17, 15) is 22.4 Å². The predicted octanol–water partition coefficient (Wildman–Crippen LogP) is 5.55. The monoisotopic (exact) mass is 481 g/mol. The molecule has 1 aromatic carbocycles. The second kappa shape index (κ2) is 9.49. The lowest BCUT2D eigenvalue weighted by Gasteiger charge is -2.07. The van der Waals surface area contributed by atoms with Crippen LogP contribution in [0.25, 0.3) is 0 Å². The molecule has 0 aliphatic heterocycles. The number of rotatable bonds is 8. The van der Waals surface area contributed by atoms with Crippen molar-refractivity contribution in [1.29, 1.82) is 0 Å². The van der Waals surface area contributed by atoms with Gasteiger partial charge in [-0.15, -0.1) is 0 Å². The summed E-state index contributed by atoms with van der Waals surface area (Å²) in [7, 11) is 0. The second-order valence-corrected chi connectivity index (χ2v) is 7.47. The van der Waals surface area contributed by atoms with Gasteiger partial charge in [-0.2, -0.15) is 10.2 Å². The molecule has 1 amide bonds. The van der Waals surface area contributed by atoms with E-state index in [4.69, 9.17) is 16.0 Å². The van der Waals surface area contributed by atoms with Crippen LogP contribution in [0.4, 0.5) is 23.2 Å². The lowest BCUT2D eigenvalue weighted by atomic mass is 10.2. The van der Waals surface area contributed by atoms with Crippen LogP contribution in [0.1, 0.15) is 46.1 Å². The minimum absolute atomic E-state index is 0.0749. The highest BCUT2D eigenvalue weighted by Crippen LogP contribution is 2.26. The fraction of sp³-hybridized carbons (Fsp3) is 0.190. The van der Waals surface area contributed by atoms with Crippen LogP contribution in [0.2, 0.25) is 5.02 Å². The molecule has 4 rings (SSSR count). The molecule has 33 heavy (non-hydrogen) atoms. The zero-order valence-electron chi connectivity index (χ0n) is 16.8. The van der Waals surface area contributed by atoms with E-state index in [2.05, 4.69) is 15.5 Å². The van der Waals surface area contributed by atoms with Crippen LogP contribution in [0, 0.1) is 0 Å². The van der Waals surface area contributed by atoms with Crippen LogP contribution in [0.3, 0.4) is 0 Å². The summed E-state index contributed by atoms with van der Waals surface area (Å²) in [6.07, 6.45) is -2.79. The molecule has 0 saturated carbocycles. The zero-order chi connectivity index (χ0) is 23.5. The van der Waals surface area contributed by atoms with Gasteiger partial charge in [-0.05, 0) is 35.9 Å². The zero-order valence-corrected chi connectivity index (χ0v) is 17.5. The summed E-state index contributed by atoms with van der Waals surface area (Å²) < 4.78 is 59.7. The maximum absolute atomic E-state index is 13.1. The number of halogens is 5. The number of benzene rings is 1. The summed E-state index contributed by atoms with van der Waals surface area (Å²) in [5.41, 5.74) is -0.0573. The van der Waals surface area contributed by atoms with Crippen molar-refractivity contribution in [3.05, 3.63) is 88.4 Å². The molecule has 3 heterocycles. The van der Waals surface area contributed by atoms with Gasteiger partial charge in [0.2, 0.25) is 0 Å². The van der Waals surface area contributed by atoms with Crippen molar-refractivity contribution in [2.75, 3.05) is 5.32 Å². The number of alkyl halides is 4. The van der Waals surface area contributed by atoms with E-state index >= 15 is 0 Å². The van der Waals surface area contributed by atoms with Gasteiger partial charge in [-0.3, -0.25) is 14.2 Å². The summed E-state index contributed by atoms with van der Waals surface area (Å²) in [4.78, 5) is 12.5. The molecular weight excluding hydrogens is 466 g/mol. The molecule has 12 heteroatoms. The fourth-order valence-electron chi connectivity index (χ4n) is 3.15. The number of hydrogen-bond donors (Lipinski definition) is 1. The third kappa shape index (κ3) is 5.43. The topological polar surface area (TPSA) is 77.9 Å². The molecular formula is C21H16ClF4N5O2. The third-order valence-corrected chi connectivity index (χ3v) is 4.79. The van der Waals surface area contributed by atoms with Gasteiger partial charge in [0.05, 0.1) is 24.3 Å². The molecule has 0 radical (unpaired) electrons. The van der Waals surface area contributed by atoms with E-state index in [1.165, 1.54) is 18.3 Å². The number of hydrogen-bond acceptors (Lipinski definition) is 4. The summed E-state index contributed by atoms with van der Waals surface area (Å²) >= 11 is 5.86. The van der Waals surface area contributed by atoms with Crippen molar-refractivity contribution in [3.8, 4) is 0 Å². The fourth-order valence-corrected chi connectivity index (χ4v) is 3.30. The van der Waals surface area contributed by atoms with Crippen molar-refractivity contribution >= 4 is 23.2 Å². The van der Waals surface area contributed by atoms with E-state index in [-0.39, 0.29) is 18.1 Å². The highest BCUT2D eigenvalue weighted by Gasteiger charge is 2.22. The number of anilines is 1. The molecule has 0 saturated heterocycles. The molecule has 0 spiro atoms. The molecule has 3 aromatic heterocycles. The van der Waals surface area contributed by atoms with Gasteiger partial charge in [-0.25, -0.2) is 17.6 Å². The quantitative estimate of drug-likeness (QED) is 0.335. The first-order valence-electron chi connectivity index (χ1n) is 9.59. The average Bonchev–Trinajstić information content (AvgIpc) is 3.49. The predicted molar refractivity (Wildman–Crippen MR) is 111 cm³/mol. The van der Waals surface area contributed by atoms with Gasteiger partial charge in [0, 0.05) is 11.9 Å². The summed E-state index contributed by atoms with van der Waals surface area (Å²) in [6.45, 7) is 0.111. The minimum Gasteiger partial charge on any atom is -0.454 e. The molecule has 4 aromatic rings. The molecule has 0 aliphatic carbocycles. The van der Waals surface area contributed by atoms with Crippen molar-refractivity contribution < 1.29 is 26.8 Å². The van der Waals surface area contributed by atoms with Crippen LogP contribution >= 0.6 is 11.6 Å². The highest BCUT2D eigenvalue weighted by atomic mass is 35.5. The Morgan fingerprint density at radius 1 is 1.09 bits per heavy atom. The van der Waals surface area contributed by atoms with Crippen molar-refractivity contribution in [2.24, 2.45) is 0 Å². The van der Waals surface area contributed by atoms with Gasteiger partial charge in [0.15, 0.2) is 5.76 Å². The molecule has 1 N–H and O–H groups in total. The van der Waals surface area contributed by atoms with Gasteiger partial charge in [0.25, 0.3) is 18.8 Å². The van der Waals surface area contributed by atoms with E-state index < -0.39 is 30.1 Å². The van der Waals surface area contributed by atoms with E-state index in [1.807, 2.05) is 6.07 Å². The standard InChI is InChI=1S/C21H16ClF4N5O2/c22-13-8-27-30(10-13)9-12-2-1-3-14(6-12)28-21(32)18-5-4-15(33-18)11-31-17(20(25)26)7-16(29-31)19(23)24/h1-8,10,19-20H,9,11H2,(H,28,32). The number of carbonyl (C=O) groups is 1. The molecule has 0 bridgehead atoms. The number of furan rings is 1. The number of nitrogens with zero attached hydrogens (tertiary/aromatic N) is 4. The van der Waals surface area contributed by atoms with Crippen LogP contribution in [-0.4, -0.2) is 25.5 Å². The number of carbonyl (C=O) groups excluding carboxylic acids is 1. The van der Waals surface area contributed by atoms with Gasteiger partial charge < -0.3 is 9.73 Å². The Morgan fingerprint density at radius 2 is 1.91 bits per heavy atom. The highest BCUT2D eigenvalue weighted by molar-refractivity contribution is 6.30. The van der Waals surface area contributed by atoms with Crippen LogP contribution < -0.4 is 5.32 Å². The molecule has 0 aliphatic rings. The summed E-state index contributed by atoms with van der Waals surface area (Å²) in [6, 6.07) is 10.5. The smallest absolute Gasteiger partial charge is 0.291 e. The Bertz CT molecular complexity index is 1270. The number of aromatic nitrogens is 4. The maximum Gasteiger partial charge on any atom is 0.291 e. The third-order valence-electron chi connectivity index (χ3n) is 4.60.